The summed E-state index contributed by atoms with van der Waals surface area (Å²) in [6.45, 7) is 6.86. The Bertz CT molecular complexity index is 1010. The Hall–Kier alpha value is -2.59. The molecule has 0 spiro atoms. The number of aryl methyl sites for hydroxylation is 2. The molecule has 0 unspecified atom stereocenters. The number of hydrogen-bond acceptors (Lipinski definition) is 3. The first-order valence-electron chi connectivity index (χ1n) is 9.20. The van der Waals surface area contributed by atoms with E-state index in [-0.39, 0.29) is 5.91 Å². The first kappa shape index (κ1) is 17.8. The predicted molar refractivity (Wildman–Crippen MR) is 111 cm³/mol. The lowest BCUT2D eigenvalue weighted by Gasteiger charge is -2.36. The predicted octanol–water partition coefficient (Wildman–Crippen LogP) is 4.47. The van der Waals surface area contributed by atoms with Gasteiger partial charge in [-0.25, -0.2) is 0 Å². The number of carbonyl (C=O) groups is 1. The highest BCUT2D eigenvalue weighted by Crippen LogP contribution is 2.26. The van der Waals surface area contributed by atoms with Crippen LogP contribution in [0.1, 0.15) is 21.6 Å². The Kier molecular flexibility index (Phi) is 4.75. The zero-order chi connectivity index (χ0) is 19.0. The van der Waals surface area contributed by atoms with Gasteiger partial charge in [-0.2, -0.15) is 0 Å². The van der Waals surface area contributed by atoms with Gasteiger partial charge < -0.3 is 9.80 Å². The Morgan fingerprint density at radius 2 is 1.74 bits per heavy atom. The molecule has 0 radical (unpaired) electrons. The number of rotatable bonds is 2. The molecule has 0 saturated carbocycles. The summed E-state index contributed by atoms with van der Waals surface area (Å²) in [5, 5.41) is 1.76. The van der Waals surface area contributed by atoms with Crippen molar-refractivity contribution in [2.24, 2.45) is 0 Å². The molecule has 1 fully saturated rings. The van der Waals surface area contributed by atoms with Crippen LogP contribution >= 0.6 is 11.6 Å². The molecule has 1 saturated heterocycles. The Morgan fingerprint density at radius 1 is 1.00 bits per heavy atom. The Labute approximate surface area is 164 Å². The number of benzene rings is 2. The third-order valence-corrected chi connectivity index (χ3v) is 5.47. The van der Waals surface area contributed by atoms with E-state index in [4.69, 9.17) is 11.6 Å². The highest BCUT2D eigenvalue weighted by Gasteiger charge is 2.24. The monoisotopic (exact) mass is 379 g/mol. The topological polar surface area (TPSA) is 36.4 Å². The van der Waals surface area contributed by atoms with Crippen LogP contribution in [0.25, 0.3) is 10.9 Å². The molecule has 5 heteroatoms. The van der Waals surface area contributed by atoms with E-state index < -0.39 is 0 Å². The van der Waals surface area contributed by atoms with Crippen LogP contribution in [0.4, 0.5) is 5.69 Å². The fraction of sp³-hybridized carbons (Fsp3) is 0.273. The standard InChI is InChI=1S/C22H22ClN3O/c1-15-7-8-20-17(13-15)14-18(16(2)24-20)22(27)26-11-9-25(10-12-26)21-6-4-3-5-19(21)23/h3-8,13-14H,9-12H2,1-2H3. The fourth-order valence-electron chi connectivity index (χ4n) is 3.64. The molecule has 138 valence electrons. The van der Waals surface area contributed by atoms with Gasteiger partial charge in [-0.3, -0.25) is 9.78 Å². The van der Waals surface area contributed by atoms with Crippen LogP contribution in [0, 0.1) is 13.8 Å². The minimum absolute atomic E-state index is 0.0576. The van der Waals surface area contributed by atoms with Crippen LogP contribution in [-0.2, 0) is 0 Å². The summed E-state index contributed by atoms with van der Waals surface area (Å²) >= 11 is 6.31. The van der Waals surface area contributed by atoms with Gasteiger partial charge in [0.1, 0.15) is 0 Å². The maximum Gasteiger partial charge on any atom is 0.255 e. The van der Waals surface area contributed by atoms with E-state index in [0.717, 1.165) is 40.4 Å². The minimum Gasteiger partial charge on any atom is -0.367 e. The van der Waals surface area contributed by atoms with E-state index in [1.165, 1.54) is 5.56 Å². The van der Waals surface area contributed by atoms with Crippen molar-refractivity contribution in [3.63, 3.8) is 0 Å². The quantitative estimate of drug-likeness (QED) is 0.659. The Morgan fingerprint density at radius 3 is 2.48 bits per heavy atom. The molecule has 1 aliphatic rings. The number of hydrogen-bond donors (Lipinski definition) is 0. The SMILES string of the molecule is Cc1ccc2nc(C)c(C(=O)N3CCN(c4ccccc4Cl)CC3)cc2c1. The zero-order valence-electron chi connectivity index (χ0n) is 15.6. The molecule has 0 N–H and O–H groups in total. The lowest BCUT2D eigenvalue weighted by atomic mass is 10.1. The first-order chi connectivity index (χ1) is 13.0. The number of anilines is 1. The molecular formula is C22H22ClN3O. The van der Waals surface area contributed by atoms with Crippen molar-refractivity contribution in [1.82, 2.24) is 9.88 Å². The average Bonchev–Trinajstić information content (AvgIpc) is 2.68. The van der Waals surface area contributed by atoms with Gasteiger partial charge in [0, 0.05) is 31.6 Å². The summed E-state index contributed by atoms with van der Waals surface area (Å²) in [4.78, 5) is 21.9. The van der Waals surface area contributed by atoms with E-state index in [1.54, 1.807) is 0 Å². The number of amides is 1. The maximum absolute atomic E-state index is 13.1. The normalized spacial score (nSPS) is 14.6. The summed E-state index contributed by atoms with van der Waals surface area (Å²) in [7, 11) is 0. The van der Waals surface area contributed by atoms with Crippen molar-refractivity contribution in [2.45, 2.75) is 13.8 Å². The molecule has 2 aromatic carbocycles. The number of para-hydroxylation sites is 1. The second kappa shape index (κ2) is 7.20. The van der Waals surface area contributed by atoms with Crippen molar-refractivity contribution in [3.8, 4) is 0 Å². The number of aromatic nitrogens is 1. The molecule has 0 aliphatic carbocycles. The number of piperazine rings is 1. The smallest absolute Gasteiger partial charge is 0.255 e. The van der Waals surface area contributed by atoms with Gasteiger partial charge in [0.2, 0.25) is 0 Å². The van der Waals surface area contributed by atoms with Crippen LogP contribution < -0.4 is 4.90 Å². The fourth-order valence-corrected chi connectivity index (χ4v) is 3.89. The van der Waals surface area contributed by atoms with Crippen molar-refractivity contribution in [2.75, 3.05) is 31.1 Å². The number of halogens is 1. The van der Waals surface area contributed by atoms with Crippen LogP contribution in [0.3, 0.4) is 0 Å². The van der Waals surface area contributed by atoms with E-state index in [9.17, 15) is 4.79 Å². The molecule has 4 rings (SSSR count). The molecule has 3 aromatic rings. The average molecular weight is 380 g/mol. The number of fused-ring (bicyclic) bond motifs is 1. The molecule has 1 amide bonds. The summed E-state index contributed by atoms with van der Waals surface area (Å²) in [5.41, 5.74) is 4.60. The van der Waals surface area contributed by atoms with Gasteiger partial charge in [-0.1, -0.05) is 35.4 Å². The second-order valence-electron chi connectivity index (χ2n) is 7.05. The lowest BCUT2D eigenvalue weighted by molar-refractivity contribution is 0.0746. The summed E-state index contributed by atoms with van der Waals surface area (Å²) in [6, 6.07) is 16.0. The minimum atomic E-state index is 0.0576. The van der Waals surface area contributed by atoms with Gasteiger partial charge in [0.15, 0.2) is 0 Å². The highest BCUT2D eigenvalue weighted by molar-refractivity contribution is 6.33. The van der Waals surface area contributed by atoms with E-state index in [0.29, 0.717) is 18.7 Å². The molecule has 1 aliphatic heterocycles. The van der Waals surface area contributed by atoms with Crippen LogP contribution in [0.5, 0.6) is 0 Å². The van der Waals surface area contributed by atoms with Gasteiger partial charge in [0.05, 0.1) is 27.5 Å². The van der Waals surface area contributed by atoms with Crippen molar-refractivity contribution < 1.29 is 4.79 Å². The summed E-state index contributed by atoms with van der Waals surface area (Å²) in [5.74, 6) is 0.0576. The number of nitrogens with zero attached hydrogens (tertiary/aromatic N) is 3. The van der Waals surface area contributed by atoms with Crippen LogP contribution in [-0.4, -0.2) is 42.0 Å². The second-order valence-corrected chi connectivity index (χ2v) is 7.46. The molecule has 2 heterocycles. The largest absolute Gasteiger partial charge is 0.367 e. The van der Waals surface area contributed by atoms with Crippen molar-refractivity contribution in [1.29, 1.82) is 0 Å². The van der Waals surface area contributed by atoms with Gasteiger partial charge in [0.25, 0.3) is 5.91 Å². The van der Waals surface area contributed by atoms with Crippen LogP contribution in [0.2, 0.25) is 5.02 Å². The molecule has 1 aromatic heterocycles. The van der Waals surface area contributed by atoms with E-state index >= 15 is 0 Å². The zero-order valence-corrected chi connectivity index (χ0v) is 16.3. The maximum atomic E-state index is 13.1. The lowest BCUT2D eigenvalue weighted by Crippen LogP contribution is -2.49. The van der Waals surface area contributed by atoms with E-state index in [1.807, 2.05) is 54.3 Å². The molecule has 27 heavy (non-hydrogen) atoms. The number of pyridine rings is 1. The van der Waals surface area contributed by atoms with E-state index in [2.05, 4.69) is 22.9 Å². The first-order valence-corrected chi connectivity index (χ1v) is 9.57. The van der Waals surface area contributed by atoms with Crippen molar-refractivity contribution in [3.05, 3.63) is 70.4 Å². The summed E-state index contributed by atoms with van der Waals surface area (Å²) in [6.07, 6.45) is 0. The highest BCUT2D eigenvalue weighted by atomic mass is 35.5. The number of carbonyl (C=O) groups excluding carboxylic acids is 1. The molecular weight excluding hydrogens is 358 g/mol. The molecule has 4 nitrogen and oxygen atoms in total. The Balaban J connectivity index is 1.53. The van der Waals surface area contributed by atoms with Crippen LogP contribution in [0.15, 0.2) is 48.5 Å². The third kappa shape index (κ3) is 3.50. The summed E-state index contributed by atoms with van der Waals surface area (Å²) < 4.78 is 0. The van der Waals surface area contributed by atoms with Gasteiger partial charge in [-0.15, -0.1) is 0 Å². The van der Waals surface area contributed by atoms with Gasteiger partial charge in [-0.05, 0) is 44.2 Å². The molecule has 0 bridgehead atoms. The van der Waals surface area contributed by atoms with Gasteiger partial charge >= 0.3 is 0 Å². The third-order valence-electron chi connectivity index (χ3n) is 5.15. The molecule has 0 atom stereocenters. The van der Waals surface area contributed by atoms with Crippen molar-refractivity contribution >= 4 is 34.1 Å².